The molecule has 2 fully saturated rings. The summed E-state index contributed by atoms with van der Waals surface area (Å²) in [5.41, 5.74) is 5.73. The summed E-state index contributed by atoms with van der Waals surface area (Å²) in [4.78, 5) is 2.45. The maximum atomic E-state index is 8.77. The molecule has 0 spiro atoms. The Morgan fingerprint density at radius 3 is 2.75 bits per heavy atom. The predicted molar refractivity (Wildman–Crippen MR) is 64.6 cm³/mol. The van der Waals surface area contributed by atoms with Gasteiger partial charge in [0.25, 0.3) is 0 Å². The van der Waals surface area contributed by atoms with Crippen LogP contribution in [-0.2, 0) is 0 Å². The van der Waals surface area contributed by atoms with Crippen molar-refractivity contribution in [2.75, 3.05) is 6.54 Å². The van der Waals surface area contributed by atoms with Crippen molar-refractivity contribution in [1.29, 1.82) is 0 Å². The number of rotatable bonds is 2. The van der Waals surface area contributed by atoms with Gasteiger partial charge in [0.1, 0.15) is 0 Å². The fourth-order valence-corrected chi connectivity index (χ4v) is 3.40. The molecule has 2 aliphatic rings. The van der Waals surface area contributed by atoms with Crippen LogP contribution in [0.3, 0.4) is 0 Å². The zero-order valence-electron chi connectivity index (χ0n) is 10.1. The Kier molecular flexibility index (Phi) is 3.69. The van der Waals surface area contributed by atoms with Crippen molar-refractivity contribution in [2.45, 2.75) is 57.5 Å². The predicted octanol–water partition coefficient (Wildman–Crippen LogP) is 1.78. The Balaban J connectivity index is 2.07. The number of amidine groups is 1. The van der Waals surface area contributed by atoms with E-state index in [1.165, 1.54) is 38.5 Å². The van der Waals surface area contributed by atoms with E-state index in [9.17, 15) is 0 Å². The van der Waals surface area contributed by atoms with Gasteiger partial charge in [-0.3, -0.25) is 4.90 Å². The van der Waals surface area contributed by atoms with E-state index in [4.69, 9.17) is 10.9 Å². The first-order valence-electron chi connectivity index (χ1n) is 6.47. The van der Waals surface area contributed by atoms with Gasteiger partial charge in [-0.2, -0.15) is 0 Å². The second-order valence-corrected chi connectivity index (χ2v) is 5.19. The van der Waals surface area contributed by atoms with Crippen molar-refractivity contribution < 1.29 is 5.21 Å². The Morgan fingerprint density at radius 1 is 1.31 bits per heavy atom. The average molecular weight is 225 g/mol. The molecule has 16 heavy (non-hydrogen) atoms. The number of fused-ring (bicyclic) bond motifs is 1. The minimum atomic E-state index is 0.0795. The summed E-state index contributed by atoms with van der Waals surface area (Å²) in [6.07, 6.45) is 7.99. The van der Waals surface area contributed by atoms with Crippen LogP contribution in [0, 0.1) is 5.92 Å². The highest BCUT2D eigenvalue weighted by Crippen LogP contribution is 2.36. The normalized spacial score (nSPS) is 34.4. The van der Waals surface area contributed by atoms with Gasteiger partial charge < -0.3 is 10.9 Å². The van der Waals surface area contributed by atoms with Gasteiger partial charge in [-0.15, -0.1) is 0 Å². The molecule has 0 amide bonds. The van der Waals surface area contributed by atoms with Crippen LogP contribution in [0.15, 0.2) is 5.16 Å². The molecule has 1 heterocycles. The molecule has 0 aromatic heterocycles. The first-order valence-corrected chi connectivity index (χ1v) is 6.47. The van der Waals surface area contributed by atoms with E-state index in [0.717, 1.165) is 12.5 Å². The van der Waals surface area contributed by atoms with Gasteiger partial charge in [0.2, 0.25) is 0 Å². The van der Waals surface area contributed by atoms with Gasteiger partial charge in [-0.05, 0) is 45.1 Å². The SMILES string of the molecule is CC(C(N)=NO)N1CCCC2CCCCC21. The number of hydrogen-bond acceptors (Lipinski definition) is 3. The first kappa shape index (κ1) is 11.7. The molecule has 92 valence electrons. The molecule has 0 radical (unpaired) electrons. The van der Waals surface area contributed by atoms with Crippen LogP contribution < -0.4 is 5.73 Å². The number of oxime groups is 1. The van der Waals surface area contributed by atoms with Gasteiger partial charge in [0.05, 0.1) is 6.04 Å². The van der Waals surface area contributed by atoms with Crippen molar-refractivity contribution >= 4 is 5.84 Å². The lowest BCUT2D eigenvalue weighted by atomic mass is 9.78. The number of hydrogen-bond donors (Lipinski definition) is 2. The third kappa shape index (κ3) is 2.17. The highest BCUT2D eigenvalue weighted by Gasteiger charge is 2.36. The average Bonchev–Trinajstić information content (AvgIpc) is 2.36. The van der Waals surface area contributed by atoms with E-state index in [1.807, 2.05) is 6.92 Å². The van der Waals surface area contributed by atoms with E-state index in [2.05, 4.69) is 10.1 Å². The maximum Gasteiger partial charge on any atom is 0.156 e. The minimum Gasteiger partial charge on any atom is -0.409 e. The highest BCUT2D eigenvalue weighted by atomic mass is 16.4. The van der Waals surface area contributed by atoms with Crippen LogP contribution in [0.5, 0.6) is 0 Å². The molecule has 0 aromatic carbocycles. The Hall–Kier alpha value is -0.770. The lowest BCUT2D eigenvalue weighted by molar-refractivity contribution is 0.0492. The summed E-state index contributed by atoms with van der Waals surface area (Å²) in [5.74, 6) is 1.20. The van der Waals surface area contributed by atoms with Crippen molar-refractivity contribution in [3.8, 4) is 0 Å². The summed E-state index contributed by atoms with van der Waals surface area (Å²) in [7, 11) is 0. The number of piperidine rings is 1. The lowest BCUT2D eigenvalue weighted by Gasteiger charge is -2.46. The Morgan fingerprint density at radius 2 is 2.00 bits per heavy atom. The molecule has 1 saturated heterocycles. The molecule has 3 N–H and O–H groups in total. The number of nitrogens with zero attached hydrogens (tertiary/aromatic N) is 2. The number of likely N-dealkylation sites (tertiary alicyclic amines) is 1. The van der Waals surface area contributed by atoms with Crippen molar-refractivity contribution in [3.05, 3.63) is 0 Å². The number of nitrogens with two attached hydrogens (primary N) is 1. The zero-order chi connectivity index (χ0) is 11.5. The summed E-state index contributed by atoms with van der Waals surface area (Å²) >= 11 is 0. The van der Waals surface area contributed by atoms with Crippen LogP contribution in [0.1, 0.15) is 45.4 Å². The molecule has 4 nitrogen and oxygen atoms in total. The molecule has 2 rings (SSSR count). The molecule has 4 heteroatoms. The fourth-order valence-electron chi connectivity index (χ4n) is 3.40. The van der Waals surface area contributed by atoms with Crippen LogP contribution in [-0.4, -0.2) is 34.6 Å². The topological polar surface area (TPSA) is 61.9 Å². The van der Waals surface area contributed by atoms with Crippen molar-refractivity contribution in [1.82, 2.24) is 4.90 Å². The molecule has 0 bridgehead atoms. The molecule has 3 unspecified atom stereocenters. The maximum absolute atomic E-state index is 8.77. The third-order valence-corrected chi connectivity index (χ3v) is 4.33. The molecule has 3 atom stereocenters. The van der Waals surface area contributed by atoms with Gasteiger partial charge >= 0.3 is 0 Å². The Labute approximate surface area is 97.5 Å². The van der Waals surface area contributed by atoms with E-state index >= 15 is 0 Å². The monoisotopic (exact) mass is 225 g/mol. The van der Waals surface area contributed by atoms with Crippen LogP contribution in [0.4, 0.5) is 0 Å². The quantitative estimate of drug-likeness (QED) is 0.326. The summed E-state index contributed by atoms with van der Waals surface area (Å²) in [5, 5.41) is 11.9. The second-order valence-electron chi connectivity index (χ2n) is 5.19. The van der Waals surface area contributed by atoms with Gasteiger partial charge in [0.15, 0.2) is 5.84 Å². The lowest BCUT2D eigenvalue weighted by Crippen LogP contribution is -2.54. The molecule has 0 aromatic rings. The standard InChI is InChI=1S/C12H23N3O/c1-9(12(13)14-16)15-8-4-6-10-5-2-3-7-11(10)15/h9-11,16H,2-8H2,1H3,(H2,13,14). The third-order valence-electron chi connectivity index (χ3n) is 4.33. The Bertz CT molecular complexity index is 265. The van der Waals surface area contributed by atoms with Gasteiger partial charge in [-0.25, -0.2) is 0 Å². The van der Waals surface area contributed by atoms with Crippen molar-refractivity contribution in [2.24, 2.45) is 16.8 Å². The summed E-state index contributed by atoms with van der Waals surface area (Å²) in [6.45, 7) is 3.14. The second kappa shape index (κ2) is 5.04. The van der Waals surface area contributed by atoms with Gasteiger partial charge in [0, 0.05) is 6.04 Å². The molecule has 1 aliphatic heterocycles. The largest absolute Gasteiger partial charge is 0.409 e. The molecule has 1 saturated carbocycles. The summed E-state index contributed by atoms with van der Waals surface area (Å²) in [6, 6.07) is 0.744. The molecule has 1 aliphatic carbocycles. The zero-order valence-corrected chi connectivity index (χ0v) is 10.1. The van der Waals surface area contributed by atoms with Crippen LogP contribution >= 0.6 is 0 Å². The van der Waals surface area contributed by atoms with E-state index in [-0.39, 0.29) is 6.04 Å². The highest BCUT2D eigenvalue weighted by molar-refractivity contribution is 5.84. The minimum absolute atomic E-state index is 0.0795. The molecular formula is C12H23N3O. The van der Waals surface area contributed by atoms with Gasteiger partial charge in [-0.1, -0.05) is 18.0 Å². The molecular weight excluding hydrogens is 202 g/mol. The summed E-state index contributed by atoms with van der Waals surface area (Å²) < 4.78 is 0. The first-order chi connectivity index (χ1) is 7.74. The van der Waals surface area contributed by atoms with E-state index in [0.29, 0.717) is 11.9 Å². The van der Waals surface area contributed by atoms with E-state index < -0.39 is 0 Å². The van der Waals surface area contributed by atoms with E-state index in [1.54, 1.807) is 0 Å². The van der Waals surface area contributed by atoms with Crippen LogP contribution in [0.25, 0.3) is 0 Å². The van der Waals surface area contributed by atoms with Crippen LogP contribution in [0.2, 0.25) is 0 Å². The smallest absolute Gasteiger partial charge is 0.156 e. The fraction of sp³-hybridized carbons (Fsp3) is 0.917. The van der Waals surface area contributed by atoms with Crippen molar-refractivity contribution in [3.63, 3.8) is 0 Å².